The lowest BCUT2D eigenvalue weighted by Gasteiger charge is -2.37. The topological polar surface area (TPSA) is 0 Å². The van der Waals surface area contributed by atoms with Gasteiger partial charge in [0.2, 0.25) is 0 Å². The quantitative estimate of drug-likeness (QED) is 0.563. The second-order valence-corrected chi connectivity index (χ2v) is 7.85. The lowest BCUT2D eigenvalue weighted by atomic mass is 9.68. The molecule has 0 heteroatoms. The van der Waals surface area contributed by atoms with Crippen LogP contribution in [0.4, 0.5) is 0 Å². The molecule has 5 fully saturated rings. The molecule has 0 saturated heterocycles. The highest BCUT2D eigenvalue weighted by Gasteiger charge is 2.79. The largest absolute Gasteiger partial charge is 0.0525 e. The maximum absolute atomic E-state index is 1.68. The zero-order chi connectivity index (χ0) is 10.4. The Morgan fingerprint density at radius 2 is 1.62 bits per heavy atom. The van der Waals surface area contributed by atoms with E-state index in [1.807, 2.05) is 0 Å². The van der Waals surface area contributed by atoms with Crippen LogP contribution < -0.4 is 0 Å². The standard InChI is InChI=1S/C16H24/c1-3-12-4-2-8-15(7-1)9-11-5-6-13-14(12)16(13,15)10-11/h11-14H,1-10H2. The molecule has 5 rings (SSSR count). The van der Waals surface area contributed by atoms with Crippen molar-refractivity contribution in [2.75, 3.05) is 0 Å². The summed E-state index contributed by atoms with van der Waals surface area (Å²) in [6.45, 7) is 0. The van der Waals surface area contributed by atoms with E-state index in [0.29, 0.717) is 0 Å². The van der Waals surface area contributed by atoms with Gasteiger partial charge in [-0.05, 0) is 66.6 Å². The second kappa shape index (κ2) is 2.54. The first-order chi connectivity index (χ1) is 7.86. The molecule has 1 spiro atoms. The normalized spacial score (nSPS) is 66.0. The lowest BCUT2D eigenvalue weighted by Crippen LogP contribution is -2.28. The highest BCUT2D eigenvalue weighted by Crippen LogP contribution is 2.86. The van der Waals surface area contributed by atoms with Crippen molar-refractivity contribution < 1.29 is 0 Å². The number of hydrogen-bond acceptors (Lipinski definition) is 0. The molecule has 0 aromatic rings. The molecule has 88 valence electrons. The molecule has 16 heavy (non-hydrogen) atoms. The van der Waals surface area contributed by atoms with Gasteiger partial charge in [-0.3, -0.25) is 0 Å². The van der Waals surface area contributed by atoms with Crippen LogP contribution in [0, 0.1) is 34.5 Å². The number of fused-ring (bicyclic) bond motifs is 1. The van der Waals surface area contributed by atoms with Crippen LogP contribution in [0.5, 0.6) is 0 Å². The molecule has 0 aliphatic heterocycles. The Balaban J connectivity index is 1.72. The predicted octanol–water partition coefficient (Wildman–Crippen LogP) is 4.39. The maximum atomic E-state index is 1.68. The van der Waals surface area contributed by atoms with Crippen molar-refractivity contribution in [2.24, 2.45) is 34.5 Å². The summed E-state index contributed by atoms with van der Waals surface area (Å²) in [7, 11) is 0. The van der Waals surface area contributed by atoms with Crippen molar-refractivity contribution in [3.63, 3.8) is 0 Å². The Hall–Kier alpha value is 0. The van der Waals surface area contributed by atoms with Crippen LogP contribution in [0.25, 0.3) is 0 Å². The molecule has 0 radical (unpaired) electrons. The van der Waals surface area contributed by atoms with Gasteiger partial charge in [0.1, 0.15) is 0 Å². The summed E-state index contributed by atoms with van der Waals surface area (Å²) in [5, 5.41) is 0. The molecule has 4 unspecified atom stereocenters. The van der Waals surface area contributed by atoms with Crippen molar-refractivity contribution in [3.8, 4) is 0 Å². The van der Waals surface area contributed by atoms with Crippen molar-refractivity contribution in [1.29, 1.82) is 0 Å². The van der Waals surface area contributed by atoms with Crippen molar-refractivity contribution in [2.45, 2.75) is 64.2 Å². The molecule has 0 aromatic carbocycles. The smallest absolute Gasteiger partial charge is 0.0173 e. The molecule has 5 saturated carbocycles. The van der Waals surface area contributed by atoms with Gasteiger partial charge in [-0.1, -0.05) is 32.1 Å². The summed E-state index contributed by atoms with van der Waals surface area (Å²) >= 11 is 0. The van der Waals surface area contributed by atoms with Gasteiger partial charge in [0.15, 0.2) is 0 Å². The van der Waals surface area contributed by atoms with E-state index in [0.717, 1.165) is 16.7 Å². The van der Waals surface area contributed by atoms with Gasteiger partial charge in [-0.15, -0.1) is 0 Å². The minimum absolute atomic E-state index is 0.884. The summed E-state index contributed by atoms with van der Waals surface area (Å²) in [6.07, 6.45) is 16.2. The molecule has 0 heterocycles. The molecule has 4 bridgehead atoms. The van der Waals surface area contributed by atoms with Gasteiger partial charge in [0.05, 0.1) is 0 Å². The van der Waals surface area contributed by atoms with Crippen LogP contribution in [-0.2, 0) is 0 Å². The molecule has 4 atom stereocenters. The lowest BCUT2D eigenvalue weighted by molar-refractivity contribution is 0.125. The van der Waals surface area contributed by atoms with E-state index in [4.69, 9.17) is 0 Å². The van der Waals surface area contributed by atoms with E-state index in [9.17, 15) is 0 Å². The summed E-state index contributed by atoms with van der Waals surface area (Å²) in [6, 6.07) is 0. The molecule has 5 aliphatic carbocycles. The third kappa shape index (κ3) is 0.754. The molecule has 0 N–H and O–H groups in total. The van der Waals surface area contributed by atoms with Gasteiger partial charge >= 0.3 is 0 Å². The van der Waals surface area contributed by atoms with E-state index in [1.54, 1.807) is 64.2 Å². The van der Waals surface area contributed by atoms with Crippen LogP contribution in [0.15, 0.2) is 0 Å². The monoisotopic (exact) mass is 216 g/mol. The molecule has 0 aromatic heterocycles. The van der Waals surface area contributed by atoms with Gasteiger partial charge in [0.25, 0.3) is 0 Å². The molecular weight excluding hydrogens is 192 g/mol. The minimum atomic E-state index is 0.884. The van der Waals surface area contributed by atoms with Gasteiger partial charge in [0, 0.05) is 0 Å². The Bertz CT molecular complexity index is 334. The van der Waals surface area contributed by atoms with E-state index < -0.39 is 0 Å². The average molecular weight is 216 g/mol. The van der Waals surface area contributed by atoms with E-state index >= 15 is 0 Å². The Morgan fingerprint density at radius 1 is 0.812 bits per heavy atom. The molecule has 5 aliphatic rings. The Kier molecular flexibility index (Phi) is 1.43. The van der Waals surface area contributed by atoms with Crippen molar-refractivity contribution in [3.05, 3.63) is 0 Å². The maximum Gasteiger partial charge on any atom is -0.0173 e. The fourth-order valence-electron chi connectivity index (χ4n) is 7.60. The summed E-state index contributed by atoms with van der Waals surface area (Å²) in [5.74, 6) is 4.78. The van der Waals surface area contributed by atoms with Crippen molar-refractivity contribution in [1.82, 2.24) is 0 Å². The fourth-order valence-corrected chi connectivity index (χ4v) is 7.60. The molecule has 0 amide bonds. The first-order valence-electron chi connectivity index (χ1n) is 7.86. The summed E-state index contributed by atoms with van der Waals surface area (Å²) in [4.78, 5) is 0. The van der Waals surface area contributed by atoms with Crippen LogP contribution in [0.1, 0.15) is 64.2 Å². The second-order valence-electron chi connectivity index (χ2n) is 7.85. The van der Waals surface area contributed by atoms with Gasteiger partial charge in [-0.2, -0.15) is 0 Å². The van der Waals surface area contributed by atoms with Crippen molar-refractivity contribution >= 4 is 0 Å². The highest BCUT2D eigenvalue weighted by atomic mass is 14.8. The number of rotatable bonds is 0. The minimum Gasteiger partial charge on any atom is -0.0525 e. The Labute approximate surface area is 99.2 Å². The number of hydrogen-bond donors (Lipinski definition) is 0. The van der Waals surface area contributed by atoms with E-state index in [2.05, 4.69) is 0 Å². The predicted molar refractivity (Wildman–Crippen MR) is 65.0 cm³/mol. The molecular formula is C16H24. The van der Waals surface area contributed by atoms with Crippen LogP contribution in [0.2, 0.25) is 0 Å². The first kappa shape index (κ1) is 9.00. The third-order valence-electron chi connectivity index (χ3n) is 7.73. The summed E-state index contributed by atoms with van der Waals surface area (Å²) < 4.78 is 0. The highest BCUT2D eigenvalue weighted by molar-refractivity contribution is 5.27. The van der Waals surface area contributed by atoms with Crippen LogP contribution in [-0.4, -0.2) is 0 Å². The zero-order valence-corrected chi connectivity index (χ0v) is 10.4. The Morgan fingerprint density at radius 3 is 2.44 bits per heavy atom. The summed E-state index contributed by atoms with van der Waals surface area (Å²) in [5.41, 5.74) is 1.82. The first-order valence-corrected chi connectivity index (χ1v) is 7.86. The third-order valence-corrected chi connectivity index (χ3v) is 7.73. The van der Waals surface area contributed by atoms with Crippen LogP contribution >= 0.6 is 0 Å². The SMILES string of the molecule is C1CC2CCCC3(C1)CC1CCC4C2C43C1. The van der Waals surface area contributed by atoms with Gasteiger partial charge in [-0.25, -0.2) is 0 Å². The van der Waals surface area contributed by atoms with Crippen LogP contribution in [0.3, 0.4) is 0 Å². The zero-order valence-electron chi connectivity index (χ0n) is 10.4. The average Bonchev–Trinajstić information content (AvgIpc) is 2.89. The fraction of sp³-hybridized carbons (Fsp3) is 1.00. The van der Waals surface area contributed by atoms with Gasteiger partial charge < -0.3 is 0 Å². The molecule has 0 nitrogen and oxygen atoms in total. The van der Waals surface area contributed by atoms with E-state index in [1.165, 1.54) is 17.8 Å². The van der Waals surface area contributed by atoms with E-state index in [-0.39, 0.29) is 0 Å².